The summed E-state index contributed by atoms with van der Waals surface area (Å²) in [5.74, 6) is 4.82. The third-order valence-electron chi connectivity index (χ3n) is 19.4. The van der Waals surface area contributed by atoms with Gasteiger partial charge in [0, 0.05) is 52.9 Å². The molecule has 9 aromatic rings. The number of ether oxygens (including phenoxy) is 6. The van der Waals surface area contributed by atoms with Crippen molar-refractivity contribution in [1.29, 1.82) is 0 Å². The van der Waals surface area contributed by atoms with Crippen molar-refractivity contribution in [2.45, 2.75) is 97.8 Å². The first-order valence-corrected chi connectivity index (χ1v) is 35.1. The Bertz CT molecular complexity index is 4070. The van der Waals surface area contributed by atoms with Gasteiger partial charge in [-0.1, -0.05) is 94.7 Å². The van der Waals surface area contributed by atoms with Crippen LogP contribution in [0.25, 0.3) is 49.4 Å². The largest absolute Gasteiger partial charge is 0.486 e. The number of pyridine rings is 3. The van der Waals surface area contributed by atoms with Gasteiger partial charge in [0.15, 0.2) is 34.5 Å². The lowest BCUT2D eigenvalue weighted by atomic mass is 9.95. The molecule has 0 radical (unpaired) electrons. The van der Waals surface area contributed by atoms with Crippen molar-refractivity contribution < 1.29 is 28.4 Å². The smallest absolute Gasteiger partial charge is 0.251 e. The first-order chi connectivity index (χ1) is 47.1. The van der Waals surface area contributed by atoms with Gasteiger partial charge in [-0.05, 0) is 254 Å². The van der Waals surface area contributed by atoms with Gasteiger partial charge in [0.2, 0.25) is 0 Å². The molecular formula is C81H90N6O9. The molecule has 6 aromatic carbocycles. The van der Waals surface area contributed by atoms with Crippen molar-refractivity contribution >= 4 is 49.4 Å². The average Bonchev–Trinajstić information content (AvgIpc) is 0.825. The number of aromatic nitrogens is 3. The van der Waals surface area contributed by atoms with Crippen LogP contribution in [0.2, 0.25) is 0 Å². The number of likely N-dealkylation sites (tertiary alicyclic amines) is 3. The fraction of sp³-hybridized carbons (Fsp3) is 0.370. The predicted molar refractivity (Wildman–Crippen MR) is 386 cm³/mol. The van der Waals surface area contributed by atoms with Crippen molar-refractivity contribution in [3.05, 3.63) is 227 Å². The van der Waals surface area contributed by atoms with E-state index in [0.29, 0.717) is 39.6 Å². The molecule has 0 saturated carbocycles. The Hall–Kier alpha value is -9.15. The zero-order valence-corrected chi connectivity index (χ0v) is 56.0. The average molecular weight is 1290 g/mol. The molecule has 498 valence electrons. The number of hydrogen-bond acceptors (Lipinski definition) is 12. The van der Waals surface area contributed by atoms with E-state index < -0.39 is 0 Å². The van der Waals surface area contributed by atoms with Crippen LogP contribution >= 0.6 is 0 Å². The van der Waals surface area contributed by atoms with Gasteiger partial charge in [0.1, 0.15) is 39.6 Å². The number of fused-ring (bicyclic) bond motifs is 6. The molecule has 0 spiro atoms. The highest BCUT2D eigenvalue weighted by Gasteiger charge is 2.21. The van der Waals surface area contributed by atoms with Crippen LogP contribution in [-0.4, -0.2) is 128 Å². The van der Waals surface area contributed by atoms with Crippen molar-refractivity contribution in [3.63, 3.8) is 0 Å². The Kier molecular flexibility index (Phi) is 21.3. The minimum absolute atomic E-state index is 0.000417. The van der Waals surface area contributed by atoms with Crippen LogP contribution in [0.1, 0.15) is 129 Å². The lowest BCUT2D eigenvalue weighted by Crippen LogP contribution is -2.29. The van der Waals surface area contributed by atoms with Crippen LogP contribution in [0, 0.1) is 0 Å². The maximum Gasteiger partial charge on any atom is 0.251 e. The molecule has 0 aliphatic carbocycles. The van der Waals surface area contributed by atoms with E-state index in [1.54, 1.807) is 0 Å². The second-order valence-corrected chi connectivity index (χ2v) is 25.9. The second kappa shape index (κ2) is 31.2. The molecule has 9 heterocycles. The van der Waals surface area contributed by atoms with E-state index in [1.165, 1.54) is 74.5 Å². The summed E-state index contributed by atoms with van der Waals surface area (Å²) < 4.78 is 34.7. The summed E-state index contributed by atoms with van der Waals surface area (Å²) in [6, 6.07) is 43.6. The highest BCUT2D eigenvalue weighted by Crippen LogP contribution is 2.39. The van der Waals surface area contributed by atoms with Crippen LogP contribution in [-0.2, 0) is 19.3 Å². The third kappa shape index (κ3) is 15.7. The number of benzene rings is 6. The van der Waals surface area contributed by atoms with E-state index in [9.17, 15) is 14.4 Å². The van der Waals surface area contributed by atoms with Gasteiger partial charge < -0.3 is 43.4 Å². The molecule has 0 bridgehead atoms. The molecule has 6 aliphatic rings. The van der Waals surface area contributed by atoms with Gasteiger partial charge in [-0.2, -0.15) is 0 Å². The van der Waals surface area contributed by atoms with Crippen LogP contribution in [0.15, 0.2) is 160 Å². The fourth-order valence-electron chi connectivity index (χ4n) is 14.0. The fourth-order valence-corrected chi connectivity index (χ4v) is 14.0. The lowest BCUT2D eigenvalue weighted by molar-refractivity contribution is 0.171. The molecule has 15 rings (SSSR count). The molecule has 0 unspecified atom stereocenters. The van der Waals surface area contributed by atoms with E-state index in [4.69, 9.17) is 28.4 Å². The van der Waals surface area contributed by atoms with Crippen LogP contribution in [0.3, 0.4) is 0 Å². The molecule has 15 heteroatoms. The van der Waals surface area contributed by atoms with Crippen LogP contribution in [0.5, 0.6) is 34.5 Å². The van der Waals surface area contributed by atoms with Crippen molar-refractivity contribution in [1.82, 2.24) is 29.7 Å². The summed E-state index contributed by atoms with van der Waals surface area (Å²) in [5.41, 5.74) is 15.4. The number of hydrogen-bond donors (Lipinski definition) is 3. The Morgan fingerprint density at radius 1 is 0.323 bits per heavy atom. The monoisotopic (exact) mass is 1290 g/mol. The van der Waals surface area contributed by atoms with E-state index in [2.05, 4.69) is 121 Å². The van der Waals surface area contributed by atoms with E-state index >= 15 is 0 Å². The van der Waals surface area contributed by atoms with Gasteiger partial charge in [0.25, 0.3) is 16.7 Å². The highest BCUT2D eigenvalue weighted by molar-refractivity contribution is 5.91. The van der Waals surface area contributed by atoms with Crippen molar-refractivity contribution in [3.8, 4) is 34.5 Å². The zero-order valence-electron chi connectivity index (χ0n) is 56.0. The number of aromatic amines is 3. The molecule has 0 amide bonds. The molecule has 3 saturated heterocycles. The number of piperidine rings is 3. The number of nitrogens with one attached hydrogen (secondary N) is 3. The molecule has 3 fully saturated rings. The summed E-state index contributed by atoms with van der Waals surface area (Å²) in [6.07, 6.45) is 20.8. The first-order valence-electron chi connectivity index (χ1n) is 35.1. The quantitative estimate of drug-likeness (QED) is 0.0891. The minimum Gasteiger partial charge on any atom is -0.486 e. The van der Waals surface area contributed by atoms with Crippen LogP contribution in [0.4, 0.5) is 0 Å². The van der Waals surface area contributed by atoms with Crippen molar-refractivity contribution in [2.75, 3.05) is 98.5 Å². The maximum atomic E-state index is 12.2. The molecule has 3 N–H and O–H groups in total. The topological polar surface area (TPSA) is 164 Å². The second-order valence-electron chi connectivity index (χ2n) is 25.9. The highest BCUT2D eigenvalue weighted by atomic mass is 16.6. The van der Waals surface area contributed by atoms with E-state index in [-0.39, 0.29) is 16.7 Å². The lowest BCUT2D eigenvalue weighted by Gasteiger charge is -2.25. The minimum atomic E-state index is 0.000417. The van der Waals surface area contributed by atoms with Crippen LogP contribution < -0.4 is 45.1 Å². The third-order valence-corrected chi connectivity index (χ3v) is 19.4. The number of rotatable bonds is 15. The van der Waals surface area contributed by atoms with Gasteiger partial charge in [0.05, 0.1) is 0 Å². The normalized spacial score (nSPS) is 17.0. The first kappa shape index (κ1) is 65.5. The molecular weight excluding hydrogens is 1200 g/mol. The van der Waals surface area contributed by atoms with E-state index in [0.717, 1.165) is 195 Å². The molecule has 15 nitrogen and oxygen atoms in total. The van der Waals surface area contributed by atoms with Gasteiger partial charge in [-0.25, -0.2) is 0 Å². The maximum absolute atomic E-state index is 12.2. The summed E-state index contributed by atoms with van der Waals surface area (Å²) >= 11 is 0. The Labute approximate surface area is 562 Å². The Morgan fingerprint density at radius 3 is 0.844 bits per heavy atom. The molecule has 6 aliphatic heterocycles. The Balaban J connectivity index is 0.000000130. The SMILES string of the molecule is CCc1cc2cc(/C(=C/CN3CCCCC3)c3ccc4c(c3)OCCO4)ccc2[nH]c1=O.CCc1cc2cc(/C(=C\CN3CCCCC3)c3ccc4c(c3)OCCO4)ccc2[nH]c1=O.CCc1cc2cc(C(=CCN3CCCCC3)c3ccc4c(c3)OCCO4)ccc2[nH]c1=O. The summed E-state index contributed by atoms with van der Waals surface area (Å²) in [4.78, 5) is 53.3. The summed E-state index contributed by atoms with van der Waals surface area (Å²) in [5, 5.41) is 3.17. The zero-order chi connectivity index (χ0) is 65.7. The van der Waals surface area contributed by atoms with E-state index in [1.807, 2.05) is 75.4 Å². The summed E-state index contributed by atoms with van der Waals surface area (Å²) in [6.45, 7) is 19.2. The van der Waals surface area contributed by atoms with Gasteiger partial charge in [-0.15, -0.1) is 0 Å². The summed E-state index contributed by atoms with van der Waals surface area (Å²) in [7, 11) is 0. The number of H-pyrrole nitrogens is 3. The number of nitrogens with zero attached hydrogens (tertiary/aromatic N) is 3. The molecule has 0 atom stereocenters. The number of aryl methyl sites for hydroxylation is 3. The van der Waals surface area contributed by atoms with Gasteiger partial charge in [-0.3, -0.25) is 29.1 Å². The predicted octanol–water partition coefficient (Wildman–Crippen LogP) is 14.3. The van der Waals surface area contributed by atoms with Crippen molar-refractivity contribution in [2.24, 2.45) is 0 Å². The molecule has 3 aromatic heterocycles. The standard InChI is InChI=1S/3C27H30N2O3/c3*1-2-19-16-22-17-20(6-8-24(22)28-27(19)30)23(10-13-29-11-4-3-5-12-29)21-7-9-25-26(18-21)32-15-14-31-25/h3*6-10,16-18H,2-5,11-15H2,1H3,(H,28,30)/b23-10+;23-10-;. The van der Waals surface area contributed by atoms with Gasteiger partial charge >= 0.3 is 0 Å². The Morgan fingerprint density at radius 2 is 0.573 bits per heavy atom. The molecule has 96 heavy (non-hydrogen) atoms.